The number of rotatable bonds is 7. The minimum absolute atomic E-state index is 0.0220. The van der Waals surface area contributed by atoms with E-state index >= 15 is 0 Å². The monoisotopic (exact) mass is 614 g/mol. The fourth-order valence-electron chi connectivity index (χ4n) is 8.88. The van der Waals surface area contributed by atoms with Gasteiger partial charge < -0.3 is 40.4 Å². The molecule has 5 rings (SSSR count). The van der Waals surface area contributed by atoms with Gasteiger partial charge in [0.25, 0.3) is 0 Å². The highest BCUT2D eigenvalue weighted by Crippen LogP contribution is 2.48. The van der Waals surface area contributed by atoms with Crippen LogP contribution in [0.25, 0.3) is 0 Å². The Morgan fingerprint density at radius 3 is 1.30 bits per heavy atom. The van der Waals surface area contributed by atoms with E-state index in [0.717, 1.165) is 25.7 Å². The zero-order chi connectivity index (χ0) is 31.7. The van der Waals surface area contributed by atoms with Crippen LogP contribution >= 0.6 is 0 Å². The molecule has 5 aliphatic carbocycles. The summed E-state index contributed by atoms with van der Waals surface area (Å²) in [5.74, 6) is 0.149. The molecule has 44 heavy (non-hydrogen) atoms. The average molecular weight is 615 g/mol. The van der Waals surface area contributed by atoms with E-state index in [1.54, 1.807) is 0 Å². The fourth-order valence-corrected chi connectivity index (χ4v) is 8.88. The number of aliphatic hydroxyl groups excluding tert-OH is 6. The maximum Gasteiger partial charge on any atom is 0.124 e. The highest BCUT2D eigenvalue weighted by Gasteiger charge is 2.49. The van der Waals surface area contributed by atoms with Gasteiger partial charge in [0.1, 0.15) is 11.9 Å². The summed E-state index contributed by atoms with van der Waals surface area (Å²) in [6, 6.07) is 1.29. The summed E-state index contributed by atoms with van der Waals surface area (Å²) in [6.07, 6.45) is 14.9. The van der Waals surface area contributed by atoms with Crippen molar-refractivity contribution in [2.75, 3.05) is 28.2 Å². The topological polar surface area (TPSA) is 128 Å². The summed E-state index contributed by atoms with van der Waals surface area (Å²) >= 11 is 0. The van der Waals surface area contributed by atoms with Gasteiger partial charge in [-0.1, -0.05) is 24.3 Å². The zero-order valence-corrected chi connectivity index (χ0v) is 27.3. The van der Waals surface area contributed by atoms with Gasteiger partial charge in [-0.2, -0.15) is 0 Å². The first-order valence-corrected chi connectivity index (χ1v) is 17.2. The molecule has 5 atom stereocenters. The van der Waals surface area contributed by atoms with E-state index in [9.17, 15) is 30.6 Å². The quantitative estimate of drug-likeness (QED) is 0.240. The van der Waals surface area contributed by atoms with Crippen LogP contribution in [0.4, 0.5) is 0 Å². The molecule has 0 spiro atoms. The van der Waals surface area contributed by atoms with Gasteiger partial charge in [0.15, 0.2) is 0 Å². The first-order chi connectivity index (χ1) is 20.9. The predicted molar refractivity (Wildman–Crippen MR) is 173 cm³/mol. The Morgan fingerprint density at radius 1 is 0.523 bits per heavy atom. The molecule has 8 nitrogen and oxygen atoms in total. The second kappa shape index (κ2) is 14.5. The summed E-state index contributed by atoms with van der Waals surface area (Å²) in [7, 11) is 8.55. The molecule has 5 aliphatic rings. The number of hydrogen-bond acceptors (Lipinski definition) is 8. The third-order valence-corrected chi connectivity index (χ3v) is 11.7. The van der Waals surface area contributed by atoms with Gasteiger partial charge in [-0.15, -0.1) is 0 Å². The van der Waals surface area contributed by atoms with Crippen LogP contribution in [0.15, 0.2) is 46.8 Å². The van der Waals surface area contributed by atoms with Crippen molar-refractivity contribution in [3.63, 3.8) is 0 Å². The molecule has 8 heteroatoms. The van der Waals surface area contributed by atoms with Crippen LogP contribution in [0.2, 0.25) is 0 Å². The lowest BCUT2D eigenvalue weighted by molar-refractivity contribution is -0.0333. The van der Waals surface area contributed by atoms with E-state index in [1.807, 2.05) is 0 Å². The van der Waals surface area contributed by atoms with Gasteiger partial charge in [0, 0.05) is 29.1 Å². The molecule has 248 valence electrons. The molecule has 0 heterocycles. The van der Waals surface area contributed by atoms with Crippen molar-refractivity contribution in [3.05, 3.63) is 46.8 Å². The van der Waals surface area contributed by atoms with Crippen LogP contribution < -0.4 is 0 Å². The number of nitrogens with zero attached hydrogens (tertiary/aromatic N) is 2. The third kappa shape index (κ3) is 7.38. The molecule has 0 aromatic heterocycles. The Labute approximate surface area is 264 Å². The van der Waals surface area contributed by atoms with E-state index in [0.29, 0.717) is 49.6 Å². The Kier molecular flexibility index (Phi) is 11.1. The lowest BCUT2D eigenvalue weighted by atomic mass is 9.65. The van der Waals surface area contributed by atoms with E-state index in [4.69, 9.17) is 0 Å². The molecule has 6 N–H and O–H groups in total. The highest BCUT2D eigenvalue weighted by molar-refractivity contribution is 5.56. The van der Waals surface area contributed by atoms with Crippen molar-refractivity contribution >= 4 is 0 Å². The molecular weight excluding hydrogens is 556 g/mol. The minimum atomic E-state index is -1.22. The summed E-state index contributed by atoms with van der Waals surface area (Å²) in [4.78, 5) is 4.60. The molecule has 5 unspecified atom stereocenters. The van der Waals surface area contributed by atoms with Crippen LogP contribution in [0.3, 0.4) is 0 Å². The molecular formula is C36H58N2O6. The van der Waals surface area contributed by atoms with Crippen LogP contribution in [0, 0.1) is 29.6 Å². The maximum atomic E-state index is 11.2. The summed E-state index contributed by atoms with van der Waals surface area (Å²) in [6.45, 7) is 0. The van der Waals surface area contributed by atoms with E-state index in [1.165, 1.54) is 25.7 Å². The second-order valence-corrected chi connectivity index (χ2v) is 15.1. The molecule has 0 saturated heterocycles. The van der Waals surface area contributed by atoms with Crippen LogP contribution in [0.5, 0.6) is 0 Å². The summed E-state index contributed by atoms with van der Waals surface area (Å²) < 4.78 is 0. The smallest absolute Gasteiger partial charge is 0.124 e. The minimum Gasteiger partial charge on any atom is -0.507 e. The van der Waals surface area contributed by atoms with Gasteiger partial charge in [-0.3, -0.25) is 0 Å². The Hall–Kier alpha value is -1.52. The first-order valence-electron chi connectivity index (χ1n) is 17.2. The third-order valence-electron chi connectivity index (χ3n) is 11.7. The van der Waals surface area contributed by atoms with Crippen molar-refractivity contribution in [1.82, 2.24) is 9.80 Å². The lowest BCUT2D eigenvalue weighted by Gasteiger charge is -2.45. The molecule has 0 aromatic rings. The summed E-state index contributed by atoms with van der Waals surface area (Å²) in [5, 5.41) is 66.5. The van der Waals surface area contributed by atoms with Crippen molar-refractivity contribution in [2.45, 2.75) is 120 Å². The molecule has 4 fully saturated rings. The van der Waals surface area contributed by atoms with E-state index < -0.39 is 36.4 Å². The van der Waals surface area contributed by atoms with Crippen molar-refractivity contribution < 1.29 is 30.6 Å². The first kappa shape index (κ1) is 33.8. The standard InChI is InChI=1S/C36H58N2O6/c1-37(2)25-13-9-21(10-14-25)5-7-23-17-27(39)31(28(40)18-23)33-35(43)34(36(33)44)32-29(41)19-24(20-30(32)42)8-6-22-11-15-26(16-12-22)38(3)4/h5-8,21-31,35,39-44H,9-20H2,1-4H3/b7-5+,8-6+,34-32?. The molecule has 4 saturated carbocycles. The number of aliphatic hydroxyl groups is 6. The molecule has 0 aromatic carbocycles. The summed E-state index contributed by atoms with van der Waals surface area (Å²) in [5.41, 5.74) is 0.672. The van der Waals surface area contributed by atoms with Crippen LogP contribution in [0.1, 0.15) is 77.0 Å². The molecule has 0 amide bonds. The fraction of sp³-hybridized carbons (Fsp3) is 0.778. The highest BCUT2D eigenvalue weighted by atomic mass is 16.3. The lowest BCUT2D eigenvalue weighted by Crippen LogP contribution is -2.48. The average Bonchev–Trinajstić information content (AvgIpc) is 2.98. The normalized spacial score (nSPS) is 42.6. The number of allylic oxidation sites excluding steroid dienone is 4. The van der Waals surface area contributed by atoms with Crippen LogP contribution in [-0.2, 0) is 0 Å². The van der Waals surface area contributed by atoms with Crippen LogP contribution in [-0.4, -0.2) is 111 Å². The molecule has 0 aliphatic heterocycles. The van der Waals surface area contributed by atoms with Crippen molar-refractivity contribution in [3.8, 4) is 0 Å². The van der Waals surface area contributed by atoms with Gasteiger partial charge in [0.2, 0.25) is 0 Å². The molecule has 0 bridgehead atoms. The largest absolute Gasteiger partial charge is 0.507 e. The Balaban J connectivity index is 1.18. The van der Waals surface area contributed by atoms with Gasteiger partial charge in [0.05, 0.1) is 24.4 Å². The van der Waals surface area contributed by atoms with Crippen molar-refractivity contribution in [2.24, 2.45) is 29.6 Å². The molecule has 0 radical (unpaired) electrons. The van der Waals surface area contributed by atoms with Gasteiger partial charge >= 0.3 is 0 Å². The second-order valence-electron chi connectivity index (χ2n) is 15.1. The van der Waals surface area contributed by atoms with Gasteiger partial charge in [-0.05, 0) is 134 Å². The van der Waals surface area contributed by atoms with Crippen molar-refractivity contribution in [1.29, 1.82) is 0 Å². The SMILES string of the molecule is CN(C)C1CCC(/C=C/C2CC(O)C(=C3C(O)=C(C4C(O)CC(/C=C/C5CCC(N(C)C)CC5)CC4O)C3O)C(O)C2)CC1. The zero-order valence-electron chi connectivity index (χ0n) is 27.3. The van der Waals surface area contributed by atoms with E-state index in [-0.39, 0.29) is 34.3 Å². The van der Waals surface area contributed by atoms with Gasteiger partial charge in [-0.25, -0.2) is 0 Å². The number of hydrogen-bond donors (Lipinski definition) is 6. The predicted octanol–water partition coefficient (Wildman–Crippen LogP) is 3.70. The Morgan fingerprint density at radius 2 is 0.909 bits per heavy atom. The Bertz CT molecular complexity index is 1070. The maximum absolute atomic E-state index is 11.2. The van der Waals surface area contributed by atoms with E-state index in [2.05, 4.69) is 62.3 Å².